The number of nitrogens with zero attached hydrogens (tertiary/aromatic N) is 1. The topological polar surface area (TPSA) is 41.6 Å². The van der Waals surface area contributed by atoms with E-state index in [0.29, 0.717) is 17.0 Å². The summed E-state index contributed by atoms with van der Waals surface area (Å²) in [6, 6.07) is 20.8. The Bertz CT molecular complexity index is 956. The van der Waals surface area contributed by atoms with Gasteiger partial charge in [0, 0.05) is 11.4 Å². The summed E-state index contributed by atoms with van der Waals surface area (Å²) in [6.07, 6.45) is -0.432. The number of benzene rings is 3. The van der Waals surface area contributed by atoms with Gasteiger partial charge in [-0.15, -0.1) is 0 Å². The number of halogens is 1. The van der Waals surface area contributed by atoms with Gasteiger partial charge >= 0.3 is 0 Å². The zero-order valence-corrected chi connectivity index (χ0v) is 14.1. The molecule has 1 aliphatic rings. The van der Waals surface area contributed by atoms with Crippen LogP contribution in [0.15, 0.2) is 72.8 Å². The smallest absolute Gasteiger partial charge is 0.262 e. The highest BCUT2D eigenvalue weighted by atomic mass is 19.1. The van der Waals surface area contributed by atoms with Crippen molar-refractivity contribution in [1.82, 2.24) is 0 Å². The van der Waals surface area contributed by atoms with Crippen molar-refractivity contribution in [2.45, 2.75) is 6.17 Å². The van der Waals surface area contributed by atoms with Crippen LogP contribution in [-0.2, 0) is 0 Å². The summed E-state index contributed by atoms with van der Waals surface area (Å²) in [5.74, 6) is 0.220. The van der Waals surface area contributed by atoms with Gasteiger partial charge in [0.1, 0.15) is 17.7 Å². The number of fused-ring (bicyclic) bond motifs is 1. The lowest BCUT2D eigenvalue weighted by Crippen LogP contribution is -2.43. The minimum absolute atomic E-state index is 0.140. The molecule has 0 saturated carbocycles. The van der Waals surface area contributed by atoms with E-state index in [9.17, 15) is 9.18 Å². The molecule has 4 rings (SSSR count). The predicted molar refractivity (Wildman–Crippen MR) is 99.0 cm³/mol. The maximum Gasteiger partial charge on any atom is 0.262 e. The molecule has 4 nitrogen and oxygen atoms in total. The number of amides is 1. The Kier molecular flexibility index (Phi) is 4.05. The Morgan fingerprint density at radius 1 is 1.00 bits per heavy atom. The first-order valence-electron chi connectivity index (χ1n) is 8.26. The number of ether oxygens (including phenoxy) is 1. The Morgan fingerprint density at radius 3 is 2.54 bits per heavy atom. The van der Waals surface area contributed by atoms with E-state index in [2.05, 4.69) is 5.32 Å². The molecule has 26 heavy (non-hydrogen) atoms. The third-order valence-corrected chi connectivity index (χ3v) is 4.44. The number of hydrogen-bond donors (Lipinski definition) is 1. The van der Waals surface area contributed by atoms with Crippen LogP contribution in [0.5, 0.6) is 5.75 Å². The fraction of sp³-hybridized carbons (Fsp3) is 0.0952. The number of carbonyl (C=O) groups is 1. The third kappa shape index (κ3) is 2.77. The molecule has 3 aromatic carbocycles. The van der Waals surface area contributed by atoms with Gasteiger partial charge in [-0.2, -0.15) is 0 Å². The fourth-order valence-electron chi connectivity index (χ4n) is 3.17. The van der Waals surface area contributed by atoms with Crippen molar-refractivity contribution in [2.75, 3.05) is 17.3 Å². The monoisotopic (exact) mass is 348 g/mol. The van der Waals surface area contributed by atoms with E-state index in [4.69, 9.17) is 4.74 Å². The number of nitrogens with one attached hydrogen (secondary N) is 1. The fourth-order valence-corrected chi connectivity index (χ4v) is 3.17. The summed E-state index contributed by atoms with van der Waals surface area (Å²) in [4.78, 5) is 14.8. The van der Waals surface area contributed by atoms with Crippen LogP contribution in [0.2, 0.25) is 0 Å². The van der Waals surface area contributed by atoms with Crippen LogP contribution in [0, 0.1) is 5.82 Å². The number of carbonyl (C=O) groups excluding carboxylic acids is 1. The average molecular weight is 348 g/mol. The molecule has 0 spiro atoms. The van der Waals surface area contributed by atoms with Crippen molar-refractivity contribution in [3.8, 4) is 5.75 Å². The highest BCUT2D eigenvalue weighted by Crippen LogP contribution is 2.37. The molecule has 0 saturated heterocycles. The maximum atomic E-state index is 13.4. The summed E-state index contributed by atoms with van der Waals surface area (Å²) in [7, 11) is 1.60. The van der Waals surface area contributed by atoms with Crippen molar-refractivity contribution < 1.29 is 13.9 Å². The van der Waals surface area contributed by atoms with Crippen LogP contribution in [0.1, 0.15) is 22.1 Å². The molecular formula is C21H17FN2O2. The minimum Gasteiger partial charge on any atom is -0.497 e. The largest absolute Gasteiger partial charge is 0.497 e. The van der Waals surface area contributed by atoms with Gasteiger partial charge in [-0.3, -0.25) is 9.69 Å². The molecule has 0 bridgehead atoms. The number of anilines is 2. The van der Waals surface area contributed by atoms with Crippen LogP contribution in [-0.4, -0.2) is 13.0 Å². The highest BCUT2D eigenvalue weighted by Gasteiger charge is 2.34. The van der Waals surface area contributed by atoms with Crippen LogP contribution >= 0.6 is 0 Å². The lowest BCUT2D eigenvalue weighted by Gasteiger charge is -2.38. The van der Waals surface area contributed by atoms with Gasteiger partial charge < -0.3 is 10.1 Å². The number of para-hydroxylation sites is 1. The molecule has 0 unspecified atom stereocenters. The predicted octanol–water partition coefficient (Wildman–Crippen LogP) is 4.61. The molecule has 0 radical (unpaired) electrons. The third-order valence-electron chi connectivity index (χ3n) is 4.44. The van der Waals surface area contributed by atoms with Crippen molar-refractivity contribution in [3.63, 3.8) is 0 Å². The molecule has 130 valence electrons. The van der Waals surface area contributed by atoms with Gasteiger partial charge in [-0.1, -0.05) is 24.3 Å². The molecule has 1 amide bonds. The van der Waals surface area contributed by atoms with Gasteiger partial charge in [0.15, 0.2) is 0 Å². The molecule has 3 aromatic rings. The summed E-state index contributed by atoms with van der Waals surface area (Å²) < 4.78 is 18.7. The molecule has 5 heteroatoms. The standard InChI is InChI=1S/C21H17FN2O2/c1-26-17-6-4-5-14(13-17)20-23-19-8-3-2-7-18(19)21(25)24(20)16-11-9-15(22)10-12-16/h2-13,20,23H,1H3/t20-/m1/s1. The average Bonchev–Trinajstić information content (AvgIpc) is 2.69. The van der Waals surface area contributed by atoms with E-state index in [1.54, 1.807) is 30.2 Å². The van der Waals surface area contributed by atoms with E-state index in [0.717, 1.165) is 11.3 Å². The van der Waals surface area contributed by atoms with Gasteiger partial charge in [0.2, 0.25) is 0 Å². The van der Waals surface area contributed by atoms with Gasteiger partial charge in [0.05, 0.1) is 12.7 Å². The van der Waals surface area contributed by atoms with E-state index >= 15 is 0 Å². The van der Waals surface area contributed by atoms with Crippen LogP contribution < -0.4 is 15.0 Å². The molecular weight excluding hydrogens is 331 g/mol. The summed E-state index contributed by atoms with van der Waals surface area (Å²) in [5.41, 5.74) is 2.84. The van der Waals surface area contributed by atoms with Crippen molar-refractivity contribution in [2.24, 2.45) is 0 Å². The minimum atomic E-state index is -0.432. The Hall–Kier alpha value is -3.34. The van der Waals surface area contributed by atoms with Crippen LogP contribution in [0.3, 0.4) is 0 Å². The Labute approximate surface area is 150 Å². The normalized spacial score (nSPS) is 16.0. The second-order valence-electron chi connectivity index (χ2n) is 6.02. The van der Waals surface area contributed by atoms with Gasteiger partial charge in [-0.05, 0) is 54.1 Å². The van der Waals surface area contributed by atoms with E-state index in [1.807, 2.05) is 42.5 Å². The molecule has 0 aliphatic carbocycles. The SMILES string of the molecule is COc1cccc([C@@H]2Nc3ccccc3C(=O)N2c2ccc(F)cc2)c1. The molecule has 1 N–H and O–H groups in total. The van der Waals surface area contributed by atoms with E-state index in [-0.39, 0.29) is 11.7 Å². The first-order valence-corrected chi connectivity index (χ1v) is 8.26. The first kappa shape index (κ1) is 16.1. The highest BCUT2D eigenvalue weighted by molar-refractivity contribution is 6.12. The van der Waals surface area contributed by atoms with Gasteiger partial charge in [-0.25, -0.2) is 4.39 Å². The summed E-state index contributed by atoms with van der Waals surface area (Å²) >= 11 is 0. The first-order chi connectivity index (χ1) is 12.7. The molecule has 0 fully saturated rings. The van der Waals surface area contributed by atoms with Crippen molar-refractivity contribution in [1.29, 1.82) is 0 Å². The van der Waals surface area contributed by atoms with Crippen molar-refractivity contribution in [3.05, 3.63) is 89.7 Å². The van der Waals surface area contributed by atoms with E-state index < -0.39 is 6.17 Å². The molecule has 1 atom stereocenters. The summed E-state index contributed by atoms with van der Waals surface area (Å²) in [6.45, 7) is 0. The van der Waals surface area contributed by atoms with Crippen LogP contribution in [0.4, 0.5) is 15.8 Å². The number of rotatable bonds is 3. The van der Waals surface area contributed by atoms with E-state index in [1.165, 1.54) is 12.1 Å². The quantitative estimate of drug-likeness (QED) is 0.752. The zero-order valence-electron chi connectivity index (χ0n) is 14.1. The molecule has 1 aliphatic heterocycles. The lowest BCUT2D eigenvalue weighted by atomic mass is 10.0. The number of methoxy groups -OCH3 is 1. The van der Waals surface area contributed by atoms with Crippen LogP contribution in [0.25, 0.3) is 0 Å². The molecule has 0 aromatic heterocycles. The Morgan fingerprint density at radius 2 is 1.77 bits per heavy atom. The van der Waals surface area contributed by atoms with Gasteiger partial charge in [0.25, 0.3) is 5.91 Å². The lowest BCUT2D eigenvalue weighted by molar-refractivity contribution is 0.0975. The maximum absolute atomic E-state index is 13.4. The number of hydrogen-bond acceptors (Lipinski definition) is 3. The second kappa shape index (κ2) is 6.52. The summed E-state index contributed by atoms with van der Waals surface area (Å²) in [5, 5.41) is 3.41. The Balaban J connectivity index is 1.85. The van der Waals surface area contributed by atoms with Crippen molar-refractivity contribution >= 4 is 17.3 Å². The second-order valence-corrected chi connectivity index (χ2v) is 6.02. The molecule has 1 heterocycles. The zero-order chi connectivity index (χ0) is 18.1.